The standard InChI is InChI=1S/C60H49N/c1-3-12-39(13-4-1)41-27-32-48(33-28-41)61(57-21-10-8-16-50(57)43-14-5-2-6-15-43)49-34-29-42(30-35-49)40-22-24-44(25-23-40)51-18-11-20-55-59(51)52-17-7-9-19-54(52)60(55)47-31-26-45-36-46-37-56(60)58(45)53(46)38-47/h1-25,27-30,32-35,45-47,53,56,58H,26,31,36-38H2. The van der Waals surface area contributed by atoms with Gasteiger partial charge in [-0.2, -0.15) is 0 Å². The van der Waals surface area contributed by atoms with Gasteiger partial charge in [0.25, 0.3) is 0 Å². The highest BCUT2D eigenvalue weighted by molar-refractivity contribution is 5.94. The van der Waals surface area contributed by atoms with E-state index in [0.717, 1.165) is 52.6 Å². The zero-order valence-corrected chi connectivity index (χ0v) is 34.5. The molecule has 0 N–H and O–H groups in total. The summed E-state index contributed by atoms with van der Waals surface area (Å²) < 4.78 is 0. The zero-order chi connectivity index (χ0) is 40.1. The molecule has 0 aromatic heterocycles. The van der Waals surface area contributed by atoms with Crippen LogP contribution in [0.2, 0.25) is 0 Å². The first-order valence-corrected chi connectivity index (χ1v) is 22.8. The van der Waals surface area contributed by atoms with Gasteiger partial charge in [-0.05, 0) is 159 Å². The predicted molar refractivity (Wildman–Crippen MR) is 253 cm³/mol. The number of hydrogen-bond donors (Lipinski definition) is 0. The van der Waals surface area contributed by atoms with Gasteiger partial charge in [0.2, 0.25) is 0 Å². The molecule has 1 nitrogen and oxygen atoms in total. The van der Waals surface area contributed by atoms with Gasteiger partial charge in [0.1, 0.15) is 0 Å². The normalized spacial score (nSPS) is 24.8. The van der Waals surface area contributed by atoms with E-state index >= 15 is 0 Å². The van der Waals surface area contributed by atoms with Crippen LogP contribution in [0.15, 0.2) is 200 Å². The van der Waals surface area contributed by atoms with Crippen molar-refractivity contribution >= 4 is 17.1 Å². The third kappa shape index (κ3) is 5.26. The van der Waals surface area contributed by atoms with Crippen LogP contribution in [-0.4, -0.2) is 0 Å². The Morgan fingerprint density at radius 2 is 0.902 bits per heavy atom. The highest BCUT2D eigenvalue weighted by Crippen LogP contribution is 2.76. The minimum Gasteiger partial charge on any atom is -0.310 e. The molecular weight excluding hydrogens is 735 g/mol. The number of nitrogens with zero attached hydrogens (tertiary/aromatic N) is 1. The van der Waals surface area contributed by atoms with Crippen LogP contribution in [-0.2, 0) is 5.41 Å². The lowest BCUT2D eigenvalue weighted by atomic mass is 9.53. The van der Waals surface area contributed by atoms with E-state index in [1.54, 1.807) is 11.1 Å². The minimum absolute atomic E-state index is 0.189. The van der Waals surface area contributed by atoms with E-state index in [9.17, 15) is 0 Å². The number of hydrogen-bond acceptors (Lipinski definition) is 1. The Labute approximate surface area is 360 Å². The fourth-order valence-electron chi connectivity index (χ4n) is 14.0. The van der Waals surface area contributed by atoms with Crippen LogP contribution in [0.3, 0.4) is 0 Å². The highest BCUT2D eigenvalue weighted by Gasteiger charge is 2.69. The Hall–Kier alpha value is -6.44. The average molecular weight is 784 g/mol. The Kier molecular flexibility index (Phi) is 7.99. The maximum atomic E-state index is 2.55. The summed E-state index contributed by atoms with van der Waals surface area (Å²) >= 11 is 0. The highest BCUT2D eigenvalue weighted by atomic mass is 15.1. The van der Waals surface area contributed by atoms with Gasteiger partial charge in [-0.3, -0.25) is 0 Å². The Morgan fingerprint density at radius 1 is 0.377 bits per heavy atom. The van der Waals surface area contributed by atoms with Crippen molar-refractivity contribution in [3.8, 4) is 55.6 Å². The molecule has 0 heterocycles. The molecule has 7 unspecified atom stereocenters. The monoisotopic (exact) mass is 783 g/mol. The molecule has 7 atom stereocenters. The van der Waals surface area contributed by atoms with Crippen LogP contribution in [0.5, 0.6) is 0 Å². The van der Waals surface area contributed by atoms with Crippen molar-refractivity contribution < 1.29 is 0 Å². The Bertz CT molecular complexity index is 2910. The van der Waals surface area contributed by atoms with E-state index in [-0.39, 0.29) is 5.41 Å². The van der Waals surface area contributed by atoms with Crippen LogP contribution < -0.4 is 4.90 Å². The molecule has 5 saturated carbocycles. The fourth-order valence-corrected chi connectivity index (χ4v) is 14.0. The van der Waals surface area contributed by atoms with E-state index in [1.807, 2.05) is 0 Å². The second-order valence-electron chi connectivity index (χ2n) is 18.7. The summed E-state index contributed by atoms with van der Waals surface area (Å²) in [5.41, 5.74) is 19.9. The van der Waals surface area contributed by atoms with Gasteiger partial charge in [0.05, 0.1) is 5.69 Å². The Morgan fingerprint density at radius 3 is 1.61 bits per heavy atom. The molecule has 14 rings (SSSR count). The topological polar surface area (TPSA) is 3.24 Å². The number of benzene rings is 8. The minimum atomic E-state index is 0.189. The van der Waals surface area contributed by atoms with Crippen molar-refractivity contribution in [2.24, 2.45) is 35.5 Å². The first-order chi connectivity index (χ1) is 30.2. The summed E-state index contributed by atoms with van der Waals surface area (Å²) in [5.74, 6) is 5.45. The summed E-state index contributed by atoms with van der Waals surface area (Å²) in [6.07, 6.45) is 7.28. The maximum absolute atomic E-state index is 2.55. The summed E-state index contributed by atoms with van der Waals surface area (Å²) in [6, 6.07) is 74.7. The molecule has 5 fully saturated rings. The fraction of sp³-hybridized carbons (Fsp3) is 0.200. The zero-order valence-electron chi connectivity index (χ0n) is 34.5. The number of para-hydroxylation sites is 1. The van der Waals surface area contributed by atoms with Gasteiger partial charge >= 0.3 is 0 Å². The first kappa shape index (κ1) is 35.3. The molecule has 1 heteroatoms. The second-order valence-corrected chi connectivity index (χ2v) is 18.7. The molecule has 6 bridgehead atoms. The smallest absolute Gasteiger partial charge is 0.0540 e. The van der Waals surface area contributed by atoms with Crippen molar-refractivity contribution in [3.05, 3.63) is 211 Å². The third-order valence-corrected chi connectivity index (χ3v) is 16.2. The van der Waals surface area contributed by atoms with Crippen LogP contribution in [0.4, 0.5) is 17.1 Å². The van der Waals surface area contributed by atoms with Crippen molar-refractivity contribution in [2.45, 2.75) is 37.5 Å². The van der Waals surface area contributed by atoms with Crippen molar-refractivity contribution in [3.63, 3.8) is 0 Å². The number of anilines is 3. The van der Waals surface area contributed by atoms with Crippen LogP contribution >= 0.6 is 0 Å². The van der Waals surface area contributed by atoms with E-state index in [4.69, 9.17) is 0 Å². The van der Waals surface area contributed by atoms with Gasteiger partial charge in [-0.1, -0.05) is 170 Å². The molecule has 6 aliphatic carbocycles. The van der Waals surface area contributed by atoms with Gasteiger partial charge in [-0.15, -0.1) is 0 Å². The molecule has 6 aliphatic rings. The summed E-state index contributed by atoms with van der Waals surface area (Å²) in [7, 11) is 0. The van der Waals surface area contributed by atoms with Gasteiger partial charge in [0.15, 0.2) is 0 Å². The molecule has 61 heavy (non-hydrogen) atoms. The van der Waals surface area contributed by atoms with Gasteiger partial charge in [0, 0.05) is 22.4 Å². The summed E-state index contributed by atoms with van der Waals surface area (Å²) in [4.78, 5) is 2.40. The predicted octanol–water partition coefficient (Wildman–Crippen LogP) is 15.8. The molecule has 0 radical (unpaired) electrons. The van der Waals surface area contributed by atoms with Gasteiger partial charge < -0.3 is 4.90 Å². The number of fused-ring (bicyclic) bond motifs is 4. The second kappa shape index (κ2) is 13.8. The van der Waals surface area contributed by atoms with Crippen LogP contribution in [0.1, 0.15) is 43.2 Å². The van der Waals surface area contributed by atoms with Crippen molar-refractivity contribution in [1.82, 2.24) is 0 Å². The van der Waals surface area contributed by atoms with Gasteiger partial charge in [-0.25, -0.2) is 0 Å². The quantitative estimate of drug-likeness (QED) is 0.156. The molecule has 8 aromatic rings. The van der Waals surface area contributed by atoms with Crippen molar-refractivity contribution in [1.29, 1.82) is 0 Å². The SMILES string of the molecule is c1ccc(-c2ccc(N(c3ccc(-c4ccc(-c5cccc6c5-c5ccccc5C65C6CCC7CC8CC5C7C8C6)cc4)cc3)c3ccccc3-c3ccccc3)cc2)cc1. The average Bonchev–Trinajstić information content (AvgIpc) is 3.85. The van der Waals surface area contributed by atoms with E-state index in [0.29, 0.717) is 0 Å². The van der Waals surface area contributed by atoms with E-state index in [1.165, 1.54) is 87.7 Å². The van der Waals surface area contributed by atoms with Crippen LogP contribution in [0, 0.1) is 35.5 Å². The molecule has 0 aliphatic heterocycles. The molecule has 294 valence electrons. The lowest BCUT2D eigenvalue weighted by Crippen LogP contribution is -2.47. The first-order valence-electron chi connectivity index (χ1n) is 22.8. The molecule has 0 saturated heterocycles. The van der Waals surface area contributed by atoms with E-state index in [2.05, 4.69) is 205 Å². The summed E-state index contributed by atoms with van der Waals surface area (Å²) in [6.45, 7) is 0. The molecular formula is C60H49N. The van der Waals surface area contributed by atoms with E-state index < -0.39 is 0 Å². The summed E-state index contributed by atoms with van der Waals surface area (Å²) in [5, 5.41) is 0. The molecule has 8 aromatic carbocycles. The largest absolute Gasteiger partial charge is 0.310 e. The third-order valence-electron chi connectivity index (χ3n) is 16.2. The van der Waals surface area contributed by atoms with Crippen LogP contribution in [0.25, 0.3) is 55.6 Å². The molecule has 1 spiro atoms. The lowest BCUT2D eigenvalue weighted by Gasteiger charge is -2.50. The maximum Gasteiger partial charge on any atom is 0.0540 e. The van der Waals surface area contributed by atoms with Crippen molar-refractivity contribution in [2.75, 3.05) is 4.90 Å². The lowest BCUT2D eigenvalue weighted by molar-refractivity contribution is 0.0924. The Balaban J connectivity index is 0.857. The molecule has 0 amide bonds. The number of rotatable bonds is 7.